The zero-order valence-electron chi connectivity index (χ0n) is 12.6. The van der Waals surface area contributed by atoms with Crippen LogP contribution in [0.1, 0.15) is 51.4 Å². The number of ether oxygens (including phenoxy) is 2. The third-order valence-corrected chi connectivity index (χ3v) is 6.42. The number of hydrogen-bond acceptors (Lipinski definition) is 4. The van der Waals surface area contributed by atoms with Gasteiger partial charge in [0.05, 0.1) is 19.3 Å². The maximum absolute atomic E-state index is 12.5. The number of rotatable bonds is 4. The number of fused-ring (bicyclic) bond motifs is 2. The van der Waals surface area contributed by atoms with E-state index >= 15 is 0 Å². The van der Waals surface area contributed by atoms with Crippen molar-refractivity contribution in [1.82, 2.24) is 0 Å². The van der Waals surface area contributed by atoms with Crippen LogP contribution in [0.4, 0.5) is 0 Å². The highest BCUT2D eigenvalue weighted by Gasteiger charge is 2.65. The minimum absolute atomic E-state index is 0.173. The first-order valence-electron chi connectivity index (χ1n) is 8.68. The zero-order chi connectivity index (χ0) is 14.4. The lowest BCUT2D eigenvalue weighted by Gasteiger charge is -2.48. The average molecular weight is 294 g/mol. The first kappa shape index (κ1) is 14.2. The van der Waals surface area contributed by atoms with E-state index < -0.39 is 11.9 Å². The van der Waals surface area contributed by atoms with Crippen LogP contribution in [0.25, 0.3) is 0 Å². The molecule has 4 rings (SSSR count). The van der Waals surface area contributed by atoms with Gasteiger partial charge in [-0.1, -0.05) is 25.7 Å². The molecule has 118 valence electrons. The Morgan fingerprint density at radius 1 is 1.19 bits per heavy atom. The molecule has 4 heteroatoms. The van der Waals surface area contributed by atoms with Gasteiger partial charge in [0.1, 0.15) is 5.78 Å². The third kappa shape index (κ3) is 2.27. The Hall–Kier alpha value is -0.450. The van der Waals surface area contributed by atoms with Gasteiger partial charge in [0.25, 0.3) is 0 Å². The summed E-state index contributed by atoms with van der Waals surface area (Å²) >= 11 is 0. The fourth-order valence-electron chi connectivity index (χ4n) is 5.17. The van der Waals surface area contributed by atoms with Gasteiger partial charge in [-0.05, 0) is 24.7 Å². The summed E-state index contributed by atoms with van der Waals surface area (Å²) in [6.45, 7) is 1.30. The van der Waals surface area contributed by atoms with Crippen molar-refractivity contribution in [2.75, 3.05) is 13.2 Å². The average Bonchev–Trinajstić information content (AvgIpc) is 3.17. The van der Waals surface area contributed by atoms with Crippen molar-refractivity contribution >= 4 is 5.78 Å². The van der Waals surface area contributed by atoms with Crippen LogP contribution in [0.3, 0.4) is 0 Å². The van der Waals surface area contributed by atoms with Crippen LogP contribution < -0.4 is 0 Å². The fourth-order valence-corrected chi connectivity index (χ4v) is 5.17. The lowest BCUT2D eigenvalue weighted by molar-refractivity contribution is -0.275. The van der Waals surface area contributed by atoms with Gasteiger partial charge in [-0.3, -0.25) is 4.79 Å². The van der Waals surface area contributed by atoms with Gasteiger partial charge in [-0.2, -0.15) is 0 Å². The molecule has 4 atom stereocenters. The molecule has 1 N–H and O–H groups in total. The summed E-state index contributed by atoms with van der Waals surface area (Å²) in [7, 11) is 0. The molecule has 1 spiro atoms. The van der Waals surface area contributed by atoms with Crippen LogP contribution in [0.15, 0.2) is 0 Å². The minimum atomic E-state index is -0.468. The van der Waals surface area contributed by atoms with Crippen molar-refractivity contribution in [2.24, 2.45) is 23.7 Å². The molecule has 21 heavy (non-hydrogen) atoms. The van der Waals surface area contributed by atoms with Crippen molar-refractivity contribution in [2.45, 2.75) is 63.3 Å². The normalized spacial score (nSPS) is 41.4. The summed E-state index contributed by atoms with van der Waals surface area (Å²) in [6, 6.07) is 0. The monoisotopic (exact) mass is 294 g/mol. The van der Waals surface area contributed by atoms with Gasteiger partial charge in [-0.15, -0.1) is 0 Å². The van der Waals surface area contributed by atoms with Gasteiger partial charge >= 0.3 is 0 Å². The topological polar surface area (TPSA) is 55.8 Å². The quantitative estimate of drug-likeness (QED) is 0.864. The predicted molar refractivity (Wildman–Crippen MR) is 76.5 cm³/mol. The van der Waals surface area contributed by atoms with Crippen molar-refractivity contribution < 1.29 is 19.4 Å². The summed E-state index contributed by atoms with van der Waals surface area (Å²) in [4.78, 5) is 12.5. The summed E-state index contributed by atoms with van der Waals surface area (Å²) in [6.07, 6.45) is 7.96. The Labute approximate surface area is 126 Å². The first-order chi connectivity index (χ1) is 10.2. The molecule has 4 fully saturated rings. The van der Waals surface area contributed by atoms with E-state index in [1.807, 2.05) is 0 Å². The van der Waals surface area contributed by atoms with Crippen LogP contribution >= 0.6 is 0 Å². The second kappa shape index (κ2) is 5.32. The lowest BCUT2D eigenvalue weighted by Crippen LogP contribution is -2.54. The number of Topliss-reactive ketones (excluding diaryl/α,β-unsaturated/α-hetero) is 1. The maximum atomic E-state index is 12.5. The predicted octanol–water partition coefficient (Wildman–Crippen LogP) is 2.29. The molecule has 1 heterocycles. The Morgan fingerprint density at radius 3 is 2.62 bits per heavy atom. The number of aliphatic hydroxyl groups is 1. The Morgan fingerprint density at radius 2 is 1.90 bits per heavy atom. The van der Waals surface area contributed by atoms with E-state index in [0.29, 0.717) is 19.6 Å². The number of carbonyl (C=O) groups is 1. The summed E-state index contributed by atoms with van der Waals surface area (Å²) in [5.74, 6) is 0.841. The number of hydrogen-bond donors (Lipinski definition) is 1. The van der Waals surface area contributed by atoms with Gasteiger partial charge in [0, 0.05) is 24.7 Å². The largest absolute Gasteiger partial charge is 0.392 e. The van der Waals surface area contributed by atoms with Gasteiger partial charge in [-0.25, -0.2) is 0 Å². The molecular weight excluding hydrogens is 268 g/mol. The maximum Gasteiger partial charge on any atom is 0.172 e. The zero-order valence-corrected chi connectivity index (χ0v) is 12.6. The van der Waals surface area contributed by atoms with E-state index in [1.54, 1.807) is 0 Å². The molecule has 3 saturated carbocycles. The molecule has 0 radical (unpaired) electrons. The molecule has 1 saturated heterocycles. The number of aliphatic hydroxyl groups excluding tert-OH is 1. The Kier molecular flexibility index (Phi) is 3.59. The molecule has 1 aliphatic heterocycles. The summed E-state index contributed by atoms with van der Waals surface area (Å²) in [5, 5.41) is 10.5. The van der Waals surface area contributed by atoms with Crippen LogP contribution in [0, 0.1) is 23.7 Å². The van der Waals surface area contributed by atoms with Crippen LogP contribution in [-0.2, 0) is 14.3 Å². The van der Waals surface area contributed by atoms with E-state index in [0.717, 1.165) is 25.2 Å². The third-order valence-electron chi connectivity index (χ3n) is 6.42. The van der Waals surface area contributed by atoms with E-state index in [-0.39, 0.29) is 23.5 Å². The van der Waals surface area contributed by atoms with Gasteiger partial charge < -0.3 is 14.6 Å². The van der Waals surface area contributed by atoms with E-state index in [1.165, 1.54) is 25.7 Å². The van der Waals surface area contributed by atoms with Crippen LogP contribution in [0.2, 0.25) is 0 Å². The SMILES string of the molecule is O=C(CCC1CCCC1)[C@H]1C[C@H]2[C@@H](CC23OCCO3)C1O. The molecule has 3 aliphatic carbocycles. The Bertz CT molecular complexity index is 409. The molecule has 0 amide bonds. The minimum Gasteiger partial charge on any atom is -0.392 e. The van der Waals surface area contributed by atoms with Crippen LogP contribution in [0.5, 0.6) is 0 Å². The molecular formula is C17H26O4. The molecule has 0 aromatic carbocycles. The highest BCUT2D eigenvalue weighted by atomic mass is 16.7. The second-order valence-corrected chi connectivity index (χ2v) is 7.47. The number of ketones is 1. The van der Waals surface area contributed by atoms with Gasteiger partial charge in [0.15, 0.2) is 5.79 Å². The smallest absolute Gasteiger partial charge is 0.172 e. The second-order valence-electron chi connectivity index (χ2n) is 7.47. The summed E-state index contributed by atoms with van der Waals surface area (Å²) < 4.78 is 11.5. The van der Waals surface area contributed by atoms with Gasteiger partial charge in [0.2, 0.25) is 0 Å². The van der Waals surface area contributed by atoms with Crippen molar-refractivity contribution in [3.63, 3.8) is 0 Å². The molecule has 0 aromatic heterocycles. The first-order valence-corrected chi connectivity index (χ1v) is 8.68. The van der Waals surface area contributed by atoms with Crippen molar-refractivity contribution in [3.05, 3.63) is 0 Å². The Balaban J connectivity index is 1.34. The van der Waals surface area contributed by atoms with E-state index in [9.17, 15) is 9.90 Å². The highest BCUT2D eigenvalue weighted by molar-refractivity contribution is 5.82. The number of carbonyl (C=O) groups excluding carboxylic acids is 1. The molecule has 0 bridgehead atoms. The standard InChI is InChI=1S/C17H26O4/c18-15(6-5-11-3-1-2-4-11)12-9-14-13(16(12)19)10-17(14)20-7-8-21-17/h11-14,16,19H,1-10H2/t12-,13-,14+,16?/m1/s1. The van der Waals surface area contributed by atoms with E-state index in [4.69, 9.17) is 9.47 Å². The highest BCUT2D eigenvalue weighted by Crippen LogP contribution is 2.59. The molecule has 4 nitrogen and oxygen atoms in total. The fraction of sp³-hybridized carbons (Fsp3) is 0.941. The molecule has 0 aromatic rings. The molecule has 1 unspecified atom stereocenters. The van der Waals surface area contributed by atoms with Crippen molar-refractivity contribution in [1.29, 1.82) is 0 Å². The summed E-state index contributed by atoms with van der Waals surface area (Å²) in [5.41, 5.74) is 0. The van der Waals surface area contributed by atoms with E-state index in [2.05, 4.69) is 0 Å². The molecule has 4 aliphatic rings. The van der Waals surface area contributed by atoms with Crippen LogP contribution in [-0.4, -0.2) is 36.0 Å². The lowest BCUT2D eigenvalue weighted by atomic mass is 9.69. The van der Waals surface area contributed by atoms with Crippen molar-refractivity contribution in [3.8, 4) is 0 Å².